The van der Waals surface area contributed by atoms with Gasteiger partial charge >= 0.3 is 0 Å². The molecular weight excluding hydrogens is 374 g/mol. The summed E-state index contributed by atoms with van der Waals surface area (Å²) in [5.74, 6) is 0.886. The highest BCUT2D eigenvalue weighted by Crippen LogP contribution is 2.18. The van der Waals surface area contributed by atoms with E-state index in [-0.39, 0.29) is 12.4 Å². The predicted molar refractivity (Wildman–Crippen MR) is 130 cm³/mol. The van der Waals surface area contributed by atoms with Crippen LogP contribution in [0.4, 0.5) is 0 Å². The van der Waals surface area contributed by atoms with E-state index in [1.165, 1.54) is 127 Å². The quantitative estimate of drug-likeness (QED) is 0.114. The molecule has 2 atom stereocenters. The van der Waals surface area contributed by atoms with E-state index in [9.17, 15) is 0 Å². The van der Waals surface area contributed by atoms with Crippen LogP contribution in [0.25, 0.3) is 0 Å². The number of nitrogens with zero attached hydrogens (tertiary/aromatic N) is 1. The highest BCUT2D eigenvalue weighted by Gasteiger charge is 2.20. The van der Waals surface area contributed by atoms with Crippen molar-refractivity contribution in [3.8, 4) is 0 Å². The standard InChI is InChI=1S/C27H56N.ClH/c1-6-9-11-13-15-16-17-19-21-25-28(5,24-8-3)26-23-27(4)22-20-18-14-12-10-7-2;/h8,27H,3,6-7,9-26H2,1-2,4-5H3;1H/q+1;/p-1. The Morgan fingerprint density at radius 1 is 0.655 bits per heavy atom. The molecule has 0 bridgehead atoms. The molecule has 0 N–H and O–H groups in total. The van der Waals surface area contributed by atoms with E-state index < -0.39 is 0 Å². The summed E-state index contributed by atoms with van der Waals surface area (Å²) < 4.78 is 1.21. The van der Waals surface area contributed by atoms with Gasteiger partial charge in [-0.15, -0.1) is 0 Å². The van der Waals surface area contributed by atoms with Crippen LogP contribution in [0.2, 0.25) is 0 Å². The Labute approximate surface area is 192 Å². The van der Waals surface area contributed by atoms with Gasteiger partial charge in [0.05, 0.1) is 26.7 Å². The summed E-state index contributed by atoms with van der Waals surface area (Å²) in [5.41, 5.74) is 0. The largest absolute Gasteiger partial charge is 1.00 e. The second-order valence-corrected chi connectivity index (χ2v) is 9.82. The van der Waals surface area contributed by atoms with Crippen molar-refractivity contribution in [1.82, 2.24) is 0 Å². The average molecular weight is 430 g/mol. The minimum absolute atomic E-state index is 0. The summed E-state index contributed by atoms with van der Waals surface area (Å²) in [6.07, 6.45) is 26.4. The minimum Gasteiger partial charge on any atom is -1.00 e. The van der Waals surface area contributed by atoms with E-state index in [1.54, 1.807) is 0 Å². The molecule has 0 saturated heterocycles. The third-order valence-corrected chi connectivity index (χ3v) is 6.58. The summed E-state index contributed by atoms with van der Waals surface area (Å²) in [6.45, 7) is 14.9. The smallest absolute Gasteiger partial charge is 0.0969 e. The Kier molecular flexibility index (Phi) is 24.4. The van der Waals surface area contributed by atoms with E-state index in [2.05, 4.69) is 40.5 Å². The summed E-state index contributed by atoms with van der Waals surface area (Å²) >= 11 is 0. The number of halogens is 1. The number of rotatable bonds is 22. The van der Waals surface area contributed by atoms with Crippen LogP contribution in [-0.4, -0.2) is 31.2 Å². The van der Waals surface area contributed by atoms with Gasteiger partial charge < -0.3 is 16.9 Å². The van der Waals surface area contributed by atoms with Gasteiger partial charge in [0, 0.05) is 0 Å². The molecular formula is C27H56ClN. The van der Waals surface area contributed by atoms with Crippen molar-refractivity contribution in [2.75, 3.05) is 26.7 Å². The monoisotopic (exact) mass is 429 g/mol. The lowest BCUT2D eigenvalue weighted by molar-refractivity contribution is -0.904. The first-order valence-electron chi connectivity index (χ1n) is 13.0. The first-order chi connectivity index (χ1) is 13.6. The van der Waals surface area contributed by atoms with Crippen LogP contribution < -0.4 is 12.4 Å². The zero-order valence-corrected chi connectivity index (χ0v) is 21.6. The Bertz CT molecular complexity index is 330. The molecule has 0 saturated carbocycles. The van der Waals surface area contributed by atoms with Crippen LogP contribution in [0.15, 0.2) is 12.7 Å². The fourth-order valence-corrected chi connectivity index (χ4v) is 4.36. The average Bonchev–Trinajstić information content (AvgIpc) is 2.68. The van der Waals surface area contributed by atoms with Gasteiger partial charge in [-0.25, -0.2) is 0 Å². The fourth-order valence-electron chi connectivity index (χ4n) is 4.36. The van der Waals surface area contributed by atoms with Gasteiger partial charge in [-0.2, -0.15) is 0 Å². The molecule has 0 fully saturated rings. The van der Waals surface area contributed by atoms with Gasteiger partial charge in [0.1, 0.15) is 0 Å². The molecule has 0 aliphatic heterocycles. The summed E-state index contributed by atoms with van der Waals surface area (Å²) in [5, 5.41) is 0. The van der Waals surface area contributed by atoms with Crippen LogP contribution in [0.1, 0.15) is 130 Å². The van der Waals surface area contributed by atoms with Crippen molar-refractivity contribution in [3.05, 3.63) is 12.7 Å². The van der Waals surface area contributed by atoms with Gasteiger partial charge in [0.15, 0.2) is 0 Å². The molecule has 0 aliphatic rings. The maximum absolute atomic E-state index is 4.04. The molecule has 0 radical (unpaired) electrons. The van der Waals surface area contributed by atoms with E-state index in [4.69, 9.17) is 0 Å². The molecule has 0 aromatic heterocycles. The summed E-state index contributed by atoms with van der Waals surface area (Å²) in [4.78, 5) is 0. The van der Waals surface area contributed by atoms with Gasteiger partial charge in [0.25, 0.3) is 0 Å². The number of likely N-dealkylation sites (N-methyl/N-ethyl adjacent to an activating group) is 1. The molecule has 0 aliphatic carbocycles. The molecule has 0 aromatic carbocycles. The van der Waals surface area contributed by atoms with Gasteiger partial charge in [0.2, 0.25) is 0 Å². The normalized spacial score (nSPS) is 14.2. The van der Waals surface area contributed by atoms with Crippen LogP contribution in [-0.2, 0) is 0 Å². The van der Waals surface area contributed by atoms with Crippen molar-refractivity contribution in [2.24, 2.45) is 5.92 Å². The third kappa shape index (κ3) is 21.0. The Hall–Kier alpha value is -0.0100. The first-order valence-corrected chi connectivity index (χ1v) is 13.0. The van der Waals surface area contributed by atoms with Gasteiger partial charge in [-0.05, 0) is 31.3 Å². The SMILES string of the molecule is C=CC[N+](C)(CCCCCCCCCCC)CCC(C)CCCCCCCC.[Cl-]. The second kappa shape index (κ2) is 22.7. The number of unbranched alkanes of at least 4 members (excludes halogenated alkanes) is 13. The molecule has 2 unspecified atom stereocenters. The Balaban J connectivity index is 0. The van der Waals surface area contributed by atoms with Crippen LogP contribution in [0.5, 0.6) is 0 Å². The summed E-state index contributed by atoms with van der Waals surface area (Å²) in [7, 11) is 2.46. The third-order valence-electron chi connectivity index (χ3n) is 6.58. The zero-order valence-electron chi connectivity index (χ0n) is 20.8. The zero-order chi connectivity index (χ0) is 20.9. The summed E-state index contributed by atoms with van der Waals surface area (Å²) in [6, 6.07) is 0. The lowest BCUT2D eigenvalue weighted by atomic mass is 9.98. The topological polar surface area (TPSA) is 0 Å². The maximum Gasteiger partial charge on any atom is 0.0969 e. The predicted octanol–water partition coefficient (Wildman–Crippen LogP) is 5.93. The highest BCUT2D eigenvalue weighted by atomic mass is 35.5. The van der Waals surface area contributed by atoms with Crippen LogP contribution in [0, 0.1) is 5.92 Å². The maximum atomic E-state index is 4.04. The van der Waals surface area contributed by atoms with E-state index in [0.717, 1.165) is 12.5 Å². The van der Waals surface area contributed by atoms with Gasteiger partial charge in [-0.3, -0.25) is 0 Å². The molecule has 176 valence electrons. The van der Waals surface area contributed by atoms with Crippen LogP contribution in [0.3, 0.4) is 0 Å². The molecule has 29 heavy (non-hydrogen) atoms. The number of hydrogen-bond donors (Lipinski definition) is 0. The van der Waals surface area contributed by atoms with Gasteiger partial charge in [-0.1, -0.05) is 117 Å². The molecule has 0 amide bonds. The molecule has 0 spiro atoms. The first kappa shape index (κ1) is 31.2. The Morgan fingerprint density at radius 3 is 1.59 bits per heavy atom. The fraction of sp³-hybridized carbons (Fsp3) is 0.926. The number of hydrogen-bond acceptors (Lipinski definition) is 0. The van der Waals surface area contributed by atoms with Crippen molar-refractivity contribution in [3.63, 3.8) is 0 Å². The van der Waals surface area contributed by atoms with Crippen molar-refractivity contribution < 1.29 is 16.9 Å². The molecule has 1 nitrogen and oxygen atoms in total. The molecule has 2 heteroatoms. The lowest BCUT2D eigenvalue weighted by Gasteiger charge is -2.34. The van der Waals surface area contributed by atoms with E-state index in [1.807, 2.05) is 0 Å². The molecule has 0 rings (SSSR count). The lowest BCUT2D eigenvalue weighted by Crippen LogP contribution is -3.00. The van der Waals surface area contributed by atoms with Crippen LogP contribution >= 0.6 is 0 Å². The van der Waals surface area contributed by atoms with Crippen molar-refractivity contribution in [1.29, 1.82) is 0 Å². The Morgan fingerprint density at radius 2 is 1.10 bits per heavy atom. The number of quaternary nitrogens is 1. The van der Waals surface area contributed by atoms with Crippen molar-refractivity contribution >= 4 is 0 Å². The highest BCUT2D eigenvalue weighted by molar-refractivity contribution is 4.66. The molecule has 0 heterocycles. The second-order valence-electron chi connectivity index (χ2n) is 9.82. The van der Waals surface area contributed by atoms with E-state index in [0.29, 0.717) is 0 Å². The van der Waals surface area contributed by atoms with Crippen molar-refractivity contribution in [2.45, 2.75) is 130 Å². The molecule has 0 aromatic rings. The minimum atomic E-state index is 0. The van der Waals surface area contributed by atoms with E-state index >= 15 is 0 Å².